The van der Waals surface area contributed by atoms with Gasteiger partial charge in [0.05, 0.1) is 0 Å². The fourth-order valence-corrected chi connectivity index (χ4v) is 2.54. The van der Waals surface area contributed by atoms with Crippen LogP contribution in [0.2, 0.25) is 0 Å². The van der Waals surface area contributed by atoms with Gasteiger partial charge < -0.3 is 0 Å². The molecule has 0 N–H and O–H groups in total. The molecule has 0 radical (unpaired) electrons. The summed E-state index contributed by atoms with van der Waals surface area (Å²) in [4.78, 5) is 0. The van der Waals surface area contributed by atoms with Crippen LogP contribution in [0.5, 0.6) is 0 Å². The van der Waals surface area contributed by atoms with Gasteiger partial charge >= 0.3 is 0 Å². The first-order valence-electron chi connectivity index (χ1n) is 5.21. The number of allylic oxidation sites excluding steroid dienone is 2. The van der Waals surface area contributed by atoms with Crippen molar-refractivity contribution < 1.29 is 0 Å². The van der Waals surface area contributed by atoms with Crippen LogP contribution in [0.3, 0.4) is 0 Å². The van der Waals surface area contributed by atoms with Crippen LogP contribution in [0.4, 0.5) is 0 Å². The summed E-state index contributed by atoms with van der Waals surface area (Å²) in [5.41, 5.74) is 0.655. The second kappa shape index (κ2) is 2.37. The first kappa shape index (κ1) is 8.34. The fraction of sp³-hybridized carbons (Fsp3) is 0.833. The molecule has 0 aromatic carbocycles. The molecule has 0 aromatic heterocycles. The maximum Gasteiger partial charge on any atom is -0.00247 e. The predicted octanol–water partition coefficient (Wildman–Crippen LogP) is 3.49. The summed E-state index contributed by atoms with van der Waals surface area (Å²) in [6, 6.07) is 0. The highest BCUT2D eigenvalue weighted by molar-refractivity contribution is 5.16. The lowest BCUT2D eigenvalue weighted by Gasteiger charge is -2.21. The molecule has 68 valence electrons. The van der Waals surface area contributed by atoms with Gasteiger partial charge in [0.2, 0.25) is 0 Å². The van der Waals surface area contributed by atoms with E-state index in [1.54, 1.807) is 0 Å². The predicted molar refractivity (Wildman–Crippen MR) is 52.8 cm³/mol. The SMILES string of the molecule is CC(C1C=C1)C(C)C1CC1(C)C. The Morgan fingerprint density at radius 2 is 1.67 bits per heavy atom. The molecule has 3 atom stereocenters. The van der Waals surface area contributed by atoms with Crippen molar-refractivity contribution in [1.82, 2.24) is 0 Å². The van der Waals surface area contributed by atoms with Crippen LogP contribution in [0.1, 0.15) is 34.1 Å². The lowest BCUT2D eigenvalue weighted by molar-refractivity contribution is 0.291. The molecule has 0 amide bonds. The molecular weight excluding hydrogens is 144 g/mol. The Bertz CT molecular complexity index is 204. The second-order valence-electron chi connectivity index (χ2n) is 5.48. The van der Waals surface area contributed by atoms with Crippen LogP contribution >= 0.6 is 0 Å². The molecule has 0 aromatic rings. The van der Waals surface area contributed by atoms with Crippen LogP contribution in [-0.4, -0.2) is 0 Å². The number of hydrogen-bond acceptors (Lipinski definition) is 0. The fourth-order valence-electron chi connectivity index (χ4n) is 2.54. The third-order valence-electron chi connectivity index (χ3n) is 4.08. The summed E-state index contributed by atoms with van der Waals surface area (Å²) in [5, 5.41) is 0. The van der Waals surface area contributed by atoms with E-state index in [0.29, 0.717) is 5.41 Å². The Labute approximate surface area is 76.1 Å². The summed E-state index contributed by atoms with van der Waals surface area (Å²) in [5.74, 6) is 3.64. The van der Waals surface area contributed by atoms with Crippen molar-refractivity contribution in [2.24, 2.45) is 29.1 Å². The molecule has 3 unspecified atom stereocenters. The van der Waals surface area contributed by atoms with Gasteiger partial charge in [0.15, 0.2) is 0 Å². The van der Waals surface area contributed by atoms with Gasteiger partial charge in [-0.05, 0) is 35.5 Å². The van der Waals surface area contributed by atoms with Crippen molar-refractivity contribution in [2.45, 2.75) is 34.1 Å². The van der Waals surface area contributed by atoms with Gasteiger partial charge in [0.1, 0.15) is 0 Å². The first-order chi connectivity index (χ1) is 5.52. The highest BCUT2D eigenvalue weighted by atomic mass is 14.5. The molecule has 0 aliphatic heterocycles. The van der Waals surface area contributed by atoms with Gasteiger partial charge in [-0.15, -0.1) is 0 Å². The Morgan fingerprint density at radius 1 is 1.17 bits per heavy atom. The molecule has 2 aliphatic carbocycles. The van der Waals surface area contributed by atoms with E-state index in [-0.39, 0.29) is 0 Å². The molecule has 12 heavy (non-hydrogen) atoms. The highest BCUT2D eigenvalue weighted by Crippen LogP contribution is 2.58. The van der Waals surface area contributed by atoms with Crippen molar-refractivity contribution in [3.63, 3.8) is 0 Å². The van der Waals surface area contributed by atoms with Gasteiger partial charge in [-0.3, -0.25) is 0 Å². The van der Waals surface area contributed by atoms with E-state index >= 15 is 0 Å². The van der Waals surface area contributed by atoms with Crippen molar-refractivity contribution in [3.05, 3.63) is 12.2 Å². The Balaban J connectivity index is 1.88. The zero-order valence-electron chi connectivity index (χ0n) is 8.67. The van der Waals surface area contributed by atoms with Crippen LogP contribution < -0.4 is 0 Å². The van der Waals surface area contributed by atoms with E-state index in [1.165, 1.54) is 6.42 Å². The normalized spacial score (nSPS) is 36.2. The maximum atomic E-state index is 2.43. The van der Waals surface area contributed by atoms with Gasteiger partial charge in [-0.25, -0.2) is 0 Å². The quantitative estimate of drug-likeness (QED) is 0.560. The van der Waals surface area contributed by atoms with Crippen LogP contribution in [0, 0.1) is 29.1 Å². The van der Waals surface area contributed by atoms with Crippen LogP contribution in [-0.2, 0) is 0 Å². The average molecular weight is 164 g/mol. The molecule has 2 rings (SSSR count). The second-order valence-corrected chi connectivity index (χ2v) is 5.48. The molecular formula is C12H20. The van der Waals surface area contributed by atoms with Crippen LogP contribution in [0.15, 0.2) is 12.2 Å². The highest BCUT2D eigenvalue weighted by Gasteiger charge is 2.50. The Hall–Kier alpha value is -0.260. The zero-order valence-corrected chi connectivity index (χ0v) is 8.67. The van der Waals surface area contributed by atoms with E-state index in [0.717, 1.165) is 23.7 Å². The minimum absolute atomic E-state index is 0.655. The number of rotatable bonds is 3. The summed E-state index contributed by atoms with van der Waals surface area (Å²) < 4.78 is 0. The molecule has 0 heterocycles. The summed E-state index contributed by atoms with van der Waals surface area (Å²) >= 11 is 0. The van der Waals surface area contributed by atoms with Crippen molar-refractivity contribution >= 4 is 0 Å². The molecule has 0 bridgehead atoms. The Kier molecular flexibility index (Phi) is 1.65. The summed E-state index contributed by atoms with van der Waals surface area (Å²) in [6.07, 6.45) is 6.14. The van der Waals surface area contributed by atoms with E-state index in [4.69, 9.17) is 0 Å². The van der Waals surface area contributed by atoms with Crippen molar-refractivity contribution in [2.75, 3.05) is 0 Å². The molecule has 0 heteroatoms. The molecule has 0 spiro atoms. The minimum atomic E-state index is 0.655. The van der Waals surface area contributed by atoms with Gasteiger partial charge in [0.25, 0.3) is 0 Å². The van der Waals surface area contributed by atoms with E-state index < -0.39 is 0 Å². The lowest BCUT2D eigenvalue weighted by Crippen LogP contribution is -2.15. The number of hydrogen-bond donors (Lipinski definition) is 0. The molecule has 0 saturated heterocycles. The van der Waals surface area contributed by atoms with E-state index in [2.05, 4.69) is 39.8 Å². The largest absolute Gasteiger partial charge is 0.0807 e. The topological polar surface area (TPSA) is 0 Å². The smallest absolute Gasteiger partial charge is 0.00247 e. The van der Waals surface area contributed by atoms with Crippen LogP contribution in [0.25, 0.3) is 0 Å². The average Bonchev–Trinajstić information content (AvgIpc) is 2.82. The van der Waals surface area contributed by atoms with Crippen molar-refractivity contribution in [1.29, 1.82) is 0 Å². The van der Waals surface area contributed by atoms with Gasteiger partial charge in [0, 0.05) is 0 Å². The monoisotopic (exact) mass is 164 g/mol. The summed E-state index contributed by atoms with van der Waals surface area (Å²) in [7, 11) is 0. The molecule has 1 saturated carbocycles. The molecule has 1 fully saturated rings. The minimum Gasteiger partial charge on any atom is -0.0807 e. The maximum absolute atomic E-state index is 2.43. The Morgan fingerprint density at radius 3 is 2.00 bits per heavy atom. The standard InChI is InChI=1S/C12H20/c1-8(10-5-6-10)9(2)11-7-12(11,3)4/h5-6,8-11H,7H2,1-4H3. The lowest BCUT2D eigenvalue weighted by atomic mass is 9.84. The third-order valence-corrected chi connectivity index (χ3v) is 4.08. The van der Waals surface area contributed by atoms with Crippen molar-refractivity contribution in [3.8, 4) is 0 Å². The molecule has 2 aliphatic rings. The van der Waals surface area contributed by atoms with E-state index in [1.807, 2.05) is 0 Å². The van der Waals surface area contributed by atoms with E-state index in [9.17, 15) is 0 Å². The third kappa shape index (κ3) is 1.32. The van der Waals surface area contributed by atoms with Gasteiger partial charge in [-0.2, -0.15) is 0 Å². The summed E-state index contributed by atoms with van der Waals surface area (Å²) in [6.45, 7) is 9.65. The molecule has 0 nitrogen and oxygen atoms in total. The zero-order chi connectivity index (χ0) is 8.93. The van der Waals surface area contributed by atoms with Gasteiger partial charge in [-0.1, -0.05) is 39.8 Å². The first-order valence-corrected chi connectivity index (χ1v) is 5.21.